The molecule has 0 aromatic heterocycles. The van der Waals surface area contributed by atoms with E-state index in [0.29, 0.717) is 15.0 Å². The normalized spacial score (nSPS) is 15.6. The predicted molar refractivity (Wildman–Crippen MR) is 87.6 cm³/mol. The van der Waals surface area contributed by atoms with E-state index in [1.54, 1.807) is 0 Å². The fraction of sp³-hybridized carbons (Fsp3) is 0.222. The van der Waals surface area contributed by atoms with Crippen LogP contribution in [0.1, 0.15) is 23.1 Å². The third kappa shape index (κ3) is 2.73. The summed E-state index contributed by atoms with van der Waals surface area (Å²) in [7, 11) is 2.01. The topological polar surface area (TPSA) is 12.0 Å². The van der Waals surface area contributed by atoms with Gasteiger partial charge in [-0.05, 0) is 0 Å². The molecular formula is C18H19NSe. The summed E-state index contributed by atoms with van der Waals surface area (Å²) in [5, 5.41) is 4.43. The molecule has 1 aliphatic rings. The molecule has 2 aromatic carbocycles. The molecule has 0 saturated heterocycles. The summed E-state index contributed by atoms with van der Waals surface area (Å²) in [4.78, 5) is 0. The molecule has 0 atom stereocenters. The molecule has 1 N–H and O–H groups in total. The summed E-state index contributed by atoms with van der Waals surface area (Å²) in [6.07, 6.45) is 3.47. The molecular weight excluding hydrogens is 309 g/mol. The third-order valence-corrected chi connectivity index (χ3v) is 5.97. The van der Waals surface area contributed by atoms with Crippen LogP contribution in [0.5, 0.6) is 0 Å². The van der Waals surface area contributed by atoms with Crippen molar-refractivity contribution in [3.05, 3.63) is 71.3 Å². The van der Waals surface area contributed by atoms with Crippen LogP contribution in [0, 0.1) is 0 Å². The second kappa shape index (κ2) is 6.41. The summed E-state index contributed by atoms with van der Waals surface area (Å²) in [5.41, 5.74) is 5.79. The average Bonchev–Trinajstić information content (AvgIpc) is 2.66. The van der Waals surface area contributed by atoms with Crippen LogP contribution < -0.4 is 9.78 Å². The molecule has 102 valence electrons. The molecule has 20 heavy (non-hydrogen) atoms. The molecule has 1 heterocycles. The van der Waals surface area contributed by atoms with Crippen molar-refractivity contribution in [3.8, 4) is 0 Å². The third-order valence-electron chi connectivity index (χ3n) is 3.61. The van der Waals surface area contributed by atoms with Crippen molar-refractivity contribution in [3.63, 3.8) is 0 Å². The van der Waals surface area contributed by atoms with E-state index >= 15 is 0 Å². The fourth-order valence-electron chi connectivity index (χ4n) is 2.61. The van der Waals surface area contributed by atoms with Crippen LogP contribution >= 0.6 is 0 Å². The van der Waals surface area contributed by atoms with Crippen molar-refractivity contribution >= 4 is 25.0 Å². The van der Waals surface area contributed by atoms with Gasteiger partial charge in [-0.3, -0.25) is 0 Å². The van der Waals surface area contributed by atoms with E-state index in [1.807, 2.05) is 7.05 Å². The molecule has 0 fully saturated rings. The fourth-order valence-corrected chi connectivity index (χ4v) is 4.85. The second-order valence-corrected chi connectivity index (χ2v) is 7.09. The van der Waals surface area contributed by atoms with Gasteiger partial charge in [0.1, 0.15) is 0 Å². The van der Waals surface area contributed by atoms with E-state index in [0.717, 1.165) is 13.0 Å². The van der Waals surface area contributed by atoms with Gasteiger partial charge in [0.2, 0.25) is 0 Å². The number of benzene rings is 2. The molecule has 0 aliphatic carbocycles. The van der Waals surface area contributed by atoms with E-state index in [9.17, 15) is 0 Å². The standard InChI is InChI=1S/C18H19NSe/c1-19-12-6-10-16-15-8-3-2-7-14(15)13-20-18-11-5-4-9-17(16)18/h2-5,7-11,19H,6,12-13H2,1H3/b16-10+. The monoisotopic (exact) mass is 329 g/mol. The first-order chi connectivity index (χ1) is 9.90. The van der Waals surface area contributed by atoms with Crippen LogP contribution in [0.2, 0.25) is 0 Å². The van der Waals surface area contributed by atoms with E-state index in [4.69, 9.17) is 0 Å². The summed E-state index contributed by atoms with van der Waals surface area (Å²) in [5.74, 6) is 0. The number of fused-ring (bicyclic) bond motifs is 2. The van der Waals surface area contributed by atoms with Crippen molar-refractivity contribution in [2.24, 2.45) is 0 Å². The SMILES string of the molecule is CNCC/C=C1\c2ccccc2C[Se]c2ccccc21. The molecule has 1 nitrogen and oxygen atoms in total. The Hall–Kier alpha value is -1.34. The van der Waals surface area contributed by atoms with Crippen molar-refractivity contribution in [2.45, 2.75) is 11.7 Å². The maximum absolute atomic E-state index is 3.23. The van der Waals surface area contributed by atoms with Gasteiger partial charge in [0.25, 0.3) is 0 Å². The summed E-state index contributed by atoms with van der Waals surface area (Å²) >= 11 is 0.533. The van der Waals surface area contributed by atoms with Crippen LogP contribution in [0.15, 0.2) is 54.6 Å². The minimum absolute atomic E-state index is 0.533. The van der Waals surface area contributed by atoms with Crippen molar-refractivity contribution in [1.29, 1.82) is 0 Å². The number of rotatable bonds is 3. The Morgan fingerprint density at radius 2 is 1.80 bits per heavy atom. The molecule has 0 saturated carbocycles. The number of hydrogen-bond donors (Lipinski definition) is 1. The Balaban J connectivity index is 2.11. The Morgan fingerprint density at radius 3 is 2.65 bits per heavy atom. The van der Waals surface area contributed by atoms with E-state index in [2.05, 4.69) is 59.9 Å². The van der Waals surface area contributed by atoms with Gasteiger partial charge in [-0.25, -0.2) is 0 Å². The van der Waals surface area contributed by atoms with Gasteiger partial charge in [0.15, 0.2) is 0 Å². The molecule has 0 radical (unpaired) electrons. The summed E-state index contributed by atoms with van der Waals surface area (Å²) in [6.45, 7) is 1.03. The Kier molecular flexibility index (Phi) is 4.37. The quantitative estimate of drug-likeness (QED) is 0.675. The Morgan fingerprint density at radius 1 is 1.05 bits per heavy atom. The Bertz CT molecular complexity index is 581. The maximum atomic E-state index is 3.23. The van der Waals surface area contributed by atoms with Gasteiger partial charge in [-0.15, -0.1) is 0 Å². The van der Waals surface area contributed by atoms with E-state index < -0.39 is 0 Å². The predicted octanol–water partition coefficient (Wildman–Crippen LogP) is 2.57. The van der Waals surface area contributed by atoms with Gasteiger partial charge < -0.3 is 0 Å². The number of hydrogen-bond acceptors (Lipinski definition) is 1. The Labute approximate surface area is 127 Å². The zero-order chi connectivity index (χ0) is 13.8. The number of nitrogens with one attached hydrogen (secondary N) is 1. The van der Waals surface area contributed by atoms with E-state index in [1.165, 1.54) is 32.0 Å². The van der Waals surface area contributed by atoms with E-state index in [-0.39, 0.29) is 0 Å². The second-order valence-electron chi connectivity index (χ2n) is 4.95. The van der Waals surface area contributed by atoms with Crippen molar-refractivity contribution in [1.82, 2.24) is 5.32 Å². The van der Waals surface area contributed by atoms with Crippen molar-refractivity contribution in [2.75, 3.05) is 13.6 Å². The van der Waals surface area contributed by atoms with Gasteiger partial charge in [-0.2, -0.15) is 0 Å². The van der Waals surface area contributed by atoms with Crippen LogP contribution in [0.25, 0.3) is 5.57 Å². The zero-order valence-corrected chi connectivity index (χ0v) is 13.4. The molecule has 3 rings (SSSR count). The molecule has 2 heteroatoms. The minimum atomic E-state index is 0.533. The first-order valence-corrected chi connectivity index (χ1v) is 9.12. The van der Waals surface area contributed by atoms with Gasteiger partial charge in [0.05, 0.1) is 0 Å². The van der Waals surface area contributed by atoms with Crippen molar-refractivity contribution < 1.29 is 0 Å². The van der Waals surface area contributed by atoms with Gasteiger partial charge in [0, 0.05) is 0 Å². The first-order valence-electron chi connectivity index (χ1n) is 7.05. The van der Waals surface area contributed by atoms with Crippen LogP contribution in [-0.4, -0.2) is 28.5 Å². The molecule has 0 amide bonds. The zero-order valence-electron chi connectivity index (χ0n) is 11.7. The van der Waals surface area contributed by atoms with Crippen LogP contribution in [-0.2, 0) is 5.32 Å². The van der Waals surface area contributed by atoms with Gasteiger partial charge in [-0.1, -0.05) is 0 Å². The van der Waals surface area contributed by atoms with Gasteiger partial charge >= 0.3 is 127 Å². The molecule has 0 unspecified atom stereocenters. The molecule has 1 aliphatic heterocycles. The van der Waals surface area contributed by atoms with Crippen LogP contribution in [0.4, 0.5) is 0 Å². The van der Waals surface area contributed by atoms with Crippen LogP contribution in [0.3, 0.4) is 0 Å². The molecule has 0 spiro atoms. The first kappa shape index (κ1) is 13.6. The average molecular weight is 328 g/mol. The summed E-state index contributed by atoms with van der Waals surface area (Å²) < 4.78 is 1.53. The summed E-state index contributed by atoms with van der Waals surface area (Å²) in [6, 6.07) is 17.8. The molecule has 2 aromatic rings. The molecule has 0 bridgehead atoms.